The topological polar surface area (TPSA) is 86.0 Å². The molecule has 1 aliphatic rings. The second-order valence-electron chi connectivity index (χ2n) is 5.11. The Hall–Kier alpha value is -2.09. The van der Waals surface area contributed by atoms with Gasteiger partial charge in [-0.05, 0) is 44.7 Å². The molecule has 2 N–H and O–H groups in total. The van der Waals surface area contributed by atoms with Gasteiger partial charge >= 0.3 is 5.97 Å². The highest BCUT2D eigenvalue weighted by atomic mass is 16.4. The Balaban J connectivity index is 2.17. The molecule has 0 aromatic carbocycles. The predicted molar refractivity (Wildman–Crippen MR) is 70.8 cm³/mol. The maximum absolute atomic E-state index is 10.9. The summed E-state index contributed by atoms with van der Waals surface area (Å²) in [5.74, 6) is -0.442. The lowest BCUT2D eigenvalue weighted by Gasteiger charge is -2.15. The molecule has 1 saturated carbocycles. The highest BCUT2D eigenvalue weighted by Crippen LogP contribution is 2.29. The van der Waals surface area contributed by atoms with Crippen LogP contribution in [-0.4, -0.2) is 22.1 Å². The predicted octanol–water partition coefficient (Wildman–Crippen LogP) is 2.24. The van der Waals surface area contributed by atoms with Gasteiger partial charge in [0.25, 0.3) is 0 Å². The van der Waals surface area contributed by atoms with Crippen molar-refractivity contribution in [2.45, 2.75) is 39.2 Å². The highest BCUT2D eigenvalue weighted by Gasteiger charge is 2.30. The fourth-order valence-electron chi connectivity index (χ4n) is 2.61. The van der Waals surface area contributed by atoms with Gasteiger partial charge in [0.1, 0.15) is 11.9 Å². The van der Waals surface area contributed by atoms with Crippen molar-refractivity contribution in [3.63, 3.8) is 0 Å². The summed E-state index contributed by atoms with van der Waals surface area (Å²) < 4.78 is 0. The number of carboxylic acid groups (broad SMARTS) is 1. The number of hydrogen-bond donors (Lipinski definition) is 2. The normalized spacial score (nSPS) is 21.9. The van der Waals surface area contributed by atoms with Crippen molar-refractivity contribution < 1.29 is 9.90 Å². The number of carboxylic acids is 1. The van der Waals surface area contributed by atoms with Crippen LogP contribution < -0.4 is 5.32 Å². The van der Waals surface area contributed by atoms with Crippen LogP contribution in [0.3, 0.4) is 0 Å². The summed E-state index contributed by atoms with van der Waals surface area (Å²) in [6, 6.07) is 4.12. The number of anilines is 1. The minimum absolute atomic E-state index is 0.0851. The molecule has 5 nitrogen and oxygen atoms in total. The van der Waals surface area contributed by atoms with Crippen LogP contribution in [0.4, 0.5) is 5.82 Å². The van der Waals surface area contributed by atoms with E-state index in [-0.39, 0.29) is 12.0 Å². The molecule has 2 atom stereocenters. The molecule has 0 amide bonds. The lowest BCUT2D eigenvalue weighted by molar-refractivity contribution is -0.141. The number of aryl methyl sites for hydroxylation is 2. The Bertz CT molecular complexity index is 548. The molecule has 1 aromatic rings. The van der Waals surface area contributed by atoms with E-state index in [1.807, 2.05) is 19.9 Å². The van der Waals surface area contributed by atoms with Crippen LogP contribution in [-0.2, 0) is 4.79 Å². The lowest BCUT2D eigenvalue weighted by atomic mass is 10.1. The van der Waals surface area contributed by atoms with Crippen LogP contribution in [0.5, 0.6) is 0 Å². The molecule has 5 heteroatoms. The largest absolute Gasteiger partial charge is 0.481 e. The zero-order valence-electron chi connectivity index (χ0n) is 11.1. The molecular weight excluding hydrogens is 242 g/mol. The highest BCUT2D eigenvalue weighted by molar-refractivity contribution is 5.70. The van der Waals surface area contributed by atoms with E-state index in [2.05, 4.69) is 16.4 Å². The van der Waals surface area contributed by atoms with E-state index in [0.717, 1.165) is 17.7 Å². The van der Waals surface area contributed by atoms with Crippen molar-refractivity contribution in [1.29, 1.82) is 5.26 Å². The summed E-state index contributed by atoms with van der Waals surface area (Å²) in [7, 11) is 0. The van der Waals surface area contributed by atoms with Crippen molar-refractivity contribution >= 4 is 11.8 Å². The third kappa shape index (κ3) is 2.84. The van der Waals surface area contributed by atoms with Gasteiger partial charge in [-0.25, -0.2) is 4.98 Å². The first-order valence-corrected chi connectivity index (χ1v) is 6.39. The van der Waals surface area contributed by atoms with Gasteiger partial charge < -0.3 is 10.4 Å². The minimum atomic E-state index is -0.738. The van der Waals surface area contributed by atoms with E-state index in [9.17, 15) is 10.1 Å². The van der Waals surface area contributed by atoms with Gasteiger partial charge in [-0.3, -0.25) is 4.79 Å². The standard InChI is InChI=1S/C14H17N3O2/c1-8-5-9(2)16-13(12(8)7-15)17-11-4-3-10(6-11)14(18)19/h5,10-11H,3-4,6H2,1-2H3,(H,16,17)(H,18,19)/t10-,11+/m1/s1. The Morgan fingerprint density at radius 3 is 2.84 bits per heavy atom. The van der Waals surface area contributed by atoms with E-state index in [4.69, 9.17) is 5.11 Å². The van der Waals surface area contributed by atoms with Gasteiger partial charge in [-0.2, -0.15) is 5.26 Å². The van der Waals surface area contributed by atoms with Crippen LogP contribution in [0.15, 0.2) is 6.07 Å². The zero-order valence-corrected chi connectivity index (χ0v) is 11.1. The molecule has 1 heterocycles. The SMILES string of the molecule is Cc1cc(C)c(C#N)c(N[C@H]2CC[C@@H](C(=O)O)C2)n1. The van der Waals surface area contributed by atoms with Gasteiger partial charge in [0, 0.05) is 11.7 Å². The van der Waals surface area contributed by atoms with Crippen molar-refractivity contribution in [2.24, 2.45) is 5.92 Å². The average Bonchev–Trinajstić information content (AvgIpc) is 2.77. The molecule has 0 aliphatic heterocycles. The number of rotatable bonds is 3. The van der Waals surface area contributed by atoms with Crippen molar-refractivity contribution in [3.8, 4) is 6.07 Å². The lowest BCUT2D eigenvalue weighted by Crippen LogP contribution is -2.19. The van der Waals surface area contributed by atoms with Gasteiger partial charge in [-0.15, -0.1) is 0 Å². The van der Waals surface area contributed by atoms with Crippen molar-refractivity contribution in [1.82, 2.24) is 4.98 Å². The number of carbonyl (C=O) groups is 1. The Morgan fingerprint density at radius 2 is 2.26 bits per heavy atom. The summed E-state index contributed by atoms with van der Waals surface area (Å²) in [6.07, 6.45) is 2.07. The Labute approximate surface area is 112 Å². The number of aromatic nitrogens is 1. The quantitative estimate of drug-likeness (QED) is 0.869. The second kappa shape index (κ2) is 5.27. The van der Waals surface area contributed by atoms with Gasteiger partial charge in [0.15, 0.2) is 0 Å². The Kier molecular flexibility index (Phi) is 3.70. The molecule has 0 radical (unpaired) electrons. The molecule has 0 spiro atoms. The first-order chi connectivity index (χ1) is 9.01. The molecule has 1 aromatic heterocycles. The van der Waals surface area contributed by atoms with E-state index in [1.54, 1.807) is 0 Å². The first-order valence-electron chi connectivity index (χ1n) is 6.39. The molecule has 0 bridgehead atoms. The summed E-state index contributed by atoms with van der Waals surface area (Å²) in [5, 5.41) is 21.4. The molecule has 1 aliphatic carbocycles. The molecule has 100 valence electrons. The smallest absolute Gasteiger partial charge is 0.306 e. The number of hydrogen-bond acceptors (Lipinski definition) is 4. The summed E-state index contributed by atoms with van der Waals surface area (Å²) in [4.78, 5) is 15.3. The molecule has 0 saturated heterocycles. The monoisotopic (exact) mass is 259 g/mol. The van der Waals surface area contributed by atoms with Gasteiger partial charge in [-0.1, -0.05) is 0 Å². The number of pyridine rings is 1. The third-order valence-electron chi connectivity index (χ3n) is 3.58. The van der Waals surface area contributed by atoms with Crippen LogP contribution >= 0.6 is 0 Å². The maximum Gasteiger partial charge on any atom is 0.306 e. The molecule has 0 unspecified atom stereocenters. The van der Waals surface area contributed by atoms with Crippen LogP contribution in [0.2, 0.25) is 0 Å². The average molecular weight is 259 g/mol. The molecule has 2 rings (SSSR count). The minimum Gasteiger partial charge on any atom is -0.481 e. The molecule has 19 heavy (non-hydrogen) atoms. The van der Waals surface area contributed by atoms with E-state index in [0.29, 0.717) is 24.2 Å². The first kappa shape index (κ1) is 13.3. The van der Waals surface area contributed by atoms with Crippen molar-refractivity contribution in [3.05, 3.63) is 22.9 Å². The molecular formula is C14H17N3O2. The third-order valence-corrected chi connectivity index (χ3v) is 3.58. The van der Waals surface area contributed by atoms with Crippen LogP contribution in [0.1, 0.15) is 36.1 Å². The fraction of sp³-hybridized carbons (Fsp3) is 0.500. The van der Waals surface area contributed by atoms with E-state index >= 15 is 0 Å². The second-order valence-corrected chi connectivity index (χ2v) is 5.11. The summed E-state index contributed by atoms with van der Waals surface area (Å²) in [6.45, 7) is 3.77. The Morgan fingerprint density at radius 1 is 1.53 bits per heavy atom. The number of aliphatic carboxylic acids is 1. The maximum atomic E-state index is 10.9. The van der Waals surface area contributed by atoms with Gasteiger partial charge in [0.05, 0.1) is 11.5 Å². The number of nitriles is 1. The molecule has 1 fully saturated rings. The number of nitrogens with one attached hydrogen (secondary N) is 1. The van der Waals surface area contributed by atoms with E-state index < -0.39 is 5.97 Å². The van der Waals surface area contributed by atoms with E-state index in [1.165, 1.54) is 0 Å². The van der Waals surface area contributed by atoms with Crippen molar-refractivity contribution in [2.75, 3.05) is 5.32 Å². The van der Waals surface area contributed by atoms with Crippen LogP contribution in [0, 0.1) is 31.1 Å². The summed E-state index contributed by atoms with van der Waals surface area (Å²) >= 11 is 0. The summed E-state index contributed by atoms with van der Waals surface area (Å²) in [5.41, 5.74) is 2.29. The van der Waals surface area contributed by atoms with Gasteiger partial charge in [0.2, 0.25) is 0 Å². The van der Waals surface area contributed by atoms with Crippen LogP contribution in [0.25, 0.3) is 0 Å². The number of nitrogens with zero attached hydrogens (tertiary/aromatic N) is 2. The zero-order chi connectivity index (χ0) is 14.0. The fourth-order valence-corrected chi connectivity index (χ4v) is 2.61.